The summed E-state index contributed by atoms with van der Waals surface area (Å²) in [6.07, 6.45) is 4.06. The first kappa shape index (κ1) is 15.5. The molecule has 0 unspecified atom stereocenters. The van der Waals surface area contributed by atoms with Gasteiger partial charge in [-0.1, -0.05) is 28.8 Å². The van der Waals surface area contributed by atoms with Crippen LogP contribution < -0.4 is 5.73 Å². The second-order valence-corrected chi connectivity index (χ2v) is 6.73. The van der Waals surface area contributed by atoms with E-state index in [0.29, 0.717) is 10.0 Å². The maximum absolute atomic E-state index is 12.7. The molecule has 0 bridgehead atoms. The van der Waals surface area contributed by atoms with E-state index in [0.717, 1.165) is 30.2 Å². The van der Waals surface area contributed by atoms with Gasteiger partial charge in [-0.15, -0.1) is 0 Å². The van der Waals surface area contributed by atoms with Crippen molar-refractivity contribution in [3.05, 3.63) is 32.7 Å². The molecule has 2 N–H and O–H groups in total. The third-order valence-corrected chi connectivity index (χ3v) is 4.66. The fourth-order valence-electron chi connectivity index (χ4n) is 2.57. The van der Waals surface area contributed by atoms with Crippen LogP contribution in [-0.4, -0.2) is 29.3 Å². The lowest BCUT2D eigenvalue weighted by Gasteiger charge is -2.28. The minimum Gasteiger partial charge on any atom is -0.368 e. The van der Waals surface area contributed by atoms with Gasteiger partial charge in [0.2, 0.25) is 5.91 Å². The number of rotatable bonds is 4. The Morgan fingerprint density at radius 2 is 1.90 bits per heavy atom. The van der Waals surface area contributed by atoms with Crippen LogP contribution in [-0.2, 0) is 4.79 Å². The number of amides is 2. The van der Waals surface area contributed by atoms with Crippen LogP contribution >= 0.6 is 31.9 Å². The van der Waals surface area contributed by atoms with Gasteiger partial charge in [0, 0.05) is 15.0 Å². The van der Waals surface area contributed by atoms with Crippen molar-refractivity contribution >= 4 is 43.7 Å². The van der Waals surface area contributed by atoms with E-state index < -0.39 is 5.91 Å². The standard InChI is InChI=1S/C14H16Br2N2O2/c15-9-5-6-11(12(16)7-9)14(20)18(8-13(17)19)10-3-1-2-4-10/h5-7,10H,1-4,8H2,(H2,17,19). The predicted octanol–water partition coefficient (Wildman–Crippen LogP) is 3.08. The summed E-state index contributed by atoms with van der Waals surface area (Å²) in [5.41, 5.74) is 5.84. The molecule has 0 saturated heterocycles. The van der Waals surface area contributed by atoms with Gasteiger partial charge in [-0.3, -0.25) is 9.59 Å². The third kappa shape index (κ3) is 3.61. The van der Waals surface area contributed by atoms with Crippen molar-refractivity contribution in [2.24, 2.45) is 5.73 Å². The van der Waals surface area contributed by atoms with Crippen LogP contribution in [0, 0.1) is 0 Å². The Labute approximate surface area is 135 Å². The van der Waals surface area contributed by atoms with Gasteiger partial charge in [0.05, 0.1) is 12.1 Å². The van der Waals surface area contributed by atoms with Crippen LogP contribution in [0.4, 0.5) is 0 Å². The number of hydrogen-bond donors (Lipinski definition) is 1. The van der Waals surface area contributed by atoms with Crippen molar-refractivity contribution in [2.45, 2.75) is 31.7 Å². The molecule has 6 heteroatoms. The molecule has 20 heavy (non-hydrogen) atoms. The molecule has 1 aromatic rings. The van der Waals surface area contributed by atoms with Crippen LogP contribution in [0.3, 0.4) is 0 Å². The summed E-state index contributed by atoms with van der Waals surface area (Å²) >= 11 is 6.76. The van der Waals surface area contributed by atoms with E-state index in [4.69, 9.17) is 5.73 Å². The second kappa shape index (κ2) is 6.72. The van der Waals surface area contributed by atoms with E-state index in [9.17, 15) is 9.59 Å². The maximum atomic E-state index is 12.7. The van der Waals surface area contributed by atoms with E-state index >= 15 is 0 Å². The largest absolute Gasteiger partial charge is 0.368 e. The topological polar surface area (TPSA) is 63.4 Å². The zero-order valence-corrected chi connectivity index (χ0v) is 14.1. The monoisotopic (exact) mass is 402 g/mol. The smallest absolute Gasteiger partial charge is 0.255 e. The van der Waals surface area contributed by atoms with Crippen molar-refractivity contribution < 1.29 is 9.59 Å². The molecule has 108 valence electrons. The number of carbonyl (C=O) groups is 2. The number of nitrogens with zero attached hydrogens (tertiary/aromatic N) is 1. The van der Waals surface area contributed by atoms with Crippen LogP contribution in [0.5, 0.6) is 0 Å². The summed E-state index contributed by atoms with van der Waals surface area (Å²) in [5.74, 6) is -0.617. The number of carbonyl (C=O) groups excluding carboxylic acids is 2. The maximum Gasteiger partial charge on any atom is 0.255 e. The van der Waals surface area contributed by atoms with Gasteiger partial charge in [-0.05, 0) is 47.0 Å². The Hall–Kier alpha value is -0.880. The highest BCUT2D eigenvalue weighted by Gasteiger charge is 2.29. The molecule has 0 aliphatic heterocycles. The van der Waals surface area contributed by atoms with Crippen molar-refractivity contribution in [1.82, 2.24) is 4.90 Å². The summed E-state index contributed by atoms with van der Waals surface area (Å²) < 4.78 is 1.60. The van der Waals surface area contributed by atoms with Crippen molar-refractivity contribution in [2.75, 3.05) is 6.54 Å². The molecular weight excluding hydrogens is 388 g/mol. The van der Waals surface area contributed by atoms with Crippen LogP contribution in [0.25, 0.3) is 0 Å². The molecule has 0 spiro atoms. The van der Waals surface area contributed by atoms with Crippen molar-refractivity contribution in [1.29, 1.82) is 0 Å². The SMILES string of the molecule is NC(=O)CN(C(=O)c1ccc(Br)cc1Br)C1CCCC1. The Morgan fingerprint density at radius 1 is 1.25 bits per heavy atom. The second-order valence-electron chi connectivity index (χ2n) is 4.96. The first-order chi connectivity index (χ1) is 9.49. The first-order valence-electron chi connectivity index (χ1n) is 6.53. The molecule has 1 saturated carbocycles. The number of halogens is 2. The summed E-state index contributed by atoms with van der Waals surface area (Å²) in [6, 6.07) is 5.50. The molecule has 1 fully saturated rings. The van der Waals surface area contributed by atoms with Gasteiger partial charge in [-0.2, -0.15) is 0 Å². The quantitative estimate of drug-likeness (QED) is 0.839. The van der Waals surface area contributed by atoms with Crippen LogP contribution in [0.15, 0.2) is 27.1 Å². The lowest BCUT2D eigenvalue weighted by molar-refractivity contribution is -0.119. The normalized spacial score (nSPS) is 15.3. The minimum atomic E-state index is -0.474. The molecule has 0 heterocycles. The average molecular weight is 404 g/mol. The zero-order chi connectivity index (χ0) is 14.7. The number of benzene rings is 1. The van der Waals surface area contributed by atoms with Crippen LogP contribution in [0.1, 0.15) is 36.0 Å². The van der Waals surface area contributed by atoms with Gasteiger partial charge in [0.25, 0.3) is 5.91 Å². The number of nitrogens with two attached hydrogens (primary N) is 1. The van der Waals surface area contributed by atoms with E-state index in [1.807, 2.05) is 12.1 Å². The van der Waals surface area contributed by atoms with E-state index in [1.165, 1.54) is 0 Å². The molecule has 1 aliphatic rings. The Bertz CT molecular complexity index is 528. The molecule has 1 aromatic carbocycles. The van der Waals surface area contributed by atoms with Crippen molar-refractivity contribution in [3.63, 3.8) is 0 Å². The summed E-state index contributed by atoms with van der Waals surface area (Å²) in [5, 5.41) is 0. The fraction of sp³-hybridized carbons (Fsp3) is 0.429. The molecular formula is C14H16Br2N2O2. The average Bonchev–Trinajstić information content (AvgIpc) is 2.88. The highest BCUT2D eigenvalue weighted by molar-refractivity contribution is 9.11. The zero-order valence-electron chi connectivity index (χ0n) is 10.9. The summed E-state index contributed by atoms with van der Waals surface area (Å²) in [6.45, 7) is -0.0218. The molecule has 1 aliphatic carbocycles. The Balaban J connectivity index is 2.27. The lowest BCUT2D eigenvalue weighted by atomic mass is 10.1. The number of primary amides is 1. The van der Waals surface area contributed by atoms with Gasteiger partial charge < -0.3 is 10.6 Å². The molecule has 0 aromatic heterocycles. The fourth-order valence-corrected chi connectivity index (χ4v) is 3.78. The van der Waals surface area contributed by atoms with Gasteiger partial charge in [-0.25, -0.2) is 0 Å². The van der Waals surface area contributed by atoms with Gasteiger partial charge in [0.15, 0.2) is 0 Å². The summed E-state index contributed by atoms with van der Waals surface area (Å²) in [4.78, 5) is 25.5. The van der Waals surface area contributed by atoms with Crippen molar-refractivity contribution in [3.8, 4) is 0 Å². The summed E-state index contributed by atoms with van der Waals surface area (Å²) in [7, 11) is 0. The van der Waals surface area contributed by atoms with Crippen LogP contribution in [0.2, 0.25) is 0 Å². The highest BCUT2D eigenvalue weighted by Crippen LogP contribution is 2.28. The Kier molecular flexibility index (Phi) is 5.21. The third-order valence-electron chi connectivity index (χ3n) is 3.51. The Morgan fingerprint density at radius 3 is 2.45 bits per heavy atom. The number of hydrogen-bond acceptors (Lipinski definition) is 2. The van der Waals surface area contributed by atoms with E-state index in [-0.39, 0.29) is 18.5 Å². The van der Waals surface area contributed by atoms with Gasteiger partial charge >= 0.3 is 0 Å². The van der Waals surface area contributed by atoms with Gasteiger partial charge in [0.1, 0.15) is 0 Å². The lowest BCUT2D eigenvalue weighted by Crippen LogP contribution is -2.44. The minimum absolute atomic E-state index is 0.0218. The predicted molar refractivity (Wildman–Crippen MR) is 84.3 cm³/mol. The first-order valence-corrected chi connectivity index (χ1v) is 8.12. The molecule has 4 nitrogen and oxygen atoms in total. The molecule has 2 rings (SSSR count). The highest BCUT2D eigenvalue weighted by atomic mass is 79.9. The molecule has 0 atom stereocenters. The van der Waals surface area contributed by atoms with E-state index in [2.05, 4.69) is 31.9 Å². The molecule has 2 amide bonds. The molecule has 0 radical (unpaired) electrons. The van der Waals surface area contributed by atoms with E-state index in [1.54, 1.807) is 11.0 Å².